The number of anilines is 1. The van der Waals surface area contributed by atoms with Gasteiger partial charge in [0.05, 0.1) is 24.2 Å². The Labute approximate surface area is 190 Å². The van der Waals surface area contributed by atoms with Crippen molar-refractivity contribution in [2.45, 2.75) is 13.0 Å². The van der Waals surface area contributed by atoms with Gasteiger partial charge >= 0.3 is 0 Å². The maximum Gasteiger partial charge on any atom is 0.247 e. The van der Waals surface area contributed by atoms with Crippen molar-refractivity contribution < 1.29 is 14.3 Å². The third-order valence-electron chi connectivity index (χ3n) is 3.78. The molecule has 0 aliphatic carbocycles. The van der Waals surface area contributed by atoms with Gasteiger partial charge in [0.1, 0.15) is 11.6 Å². The van der Waals surface area contributed by atoms with Crippen LogP contribution in [-0.4, -0.2) is 29.4 Å². The van der Waals surface area contributed by atoms with Gasteiger partial charge < -0.3 is 15.2 Å². The van der Waals surface area contributed by atoms with Crippen LogP contribution in [0.25, 0.3) is 0 Å². The Morgan fingerprint density at radius 1 is 1.37 bits per heavy atom. The molecule has 3 N–H and O–H groups in total. The molecule has 0 saturated carbocycles. The summed E-state index contributed by atoms with van der Waals surface area (Å²) >= 11 is 10.8. The lowest BCUT2D eigenvalue weighted by molar-refractivity contribution is -0.120. The lowest BCUT2D eigenvalue weighted by atomic mass is 10.2. The second kappa shape index (κ2) is 10.4. The smallest absolute Gasteiger partial charge is 0.247 e. The van der Waals surface area contributed by atoms with Crippen LogP contribution in [0.1, 0.15) is 16.1 Å². The van der Waals surface area contributed by atoms with Gasteiger partial charge in [0.2, 0.25) is 11.0 Å². The first-order chi connectivity index (χ1) is 14.5. The van der Waals surface area contributed by atoms with Crippen molar-refractivity contribution in [1.29, 1.82) is 0 Å². The molecule has 3 aromatic rings. The highest BCUT2D eigenvalue weighted by atomic mass is 79.9. The van der Waals surface area contributed by atoms with Crippen molar-refractivity contribution in [3.63, 3.8) is 0 Å². The Morgan fingerprint density at radius 3 is 2.87 bits per heavy atom. The van der Waals surface area contributed by atoms with E-state index >= 15 is 0 Å². The molecular weight excluding hydrogens is 494 g/mol. The zero-order valence-electron chi connectivity index (χ0n) is 15.8. The van der Waals surface area contributed by atoms with Gasteiger partial charge in [0.25, 0.3) is 0 Å². The second-order valence-corrected chi connectivity index (χ2v) is 8.27. The molecule has 0 radical (unpaired) electrons. The number of ether oxygens (including phenoxy) is 2. The topological polar surface area (TPSA) is 112 Å². The molecule has 8 nitrogen and oxygen atoms in total. The maximum atomic E-state index is 11.9. The normalized spacial score (nSPS) is 10.9. The minimum Gasteiger partial charge on any atom is -0.493 e. The molecule has 0 fully saturated rings. The summed E-state index contributed by atoms with van der Waals surface area (Å²) in [6.45, 7) is 0.286. The van der Waals surface area contributed by atoms with Gasteiger partial charge in [0.15, 0.2) is 11.5 Å². The van der Waals surface area contributed by atoms with Crippen LogP contribution in [0.15, 0.2) is 46.0 Å². The van der Waals surface area contributed by atoms with Crippen LogP contribution in [0.2, 0.25) is 5.02 Å². The van der Waals surface area contributed by atoms with Crippen molar-refractivity contribution in [3.05, 3.63) is 62.0 Å². The molecule has 0 bridgehead atoms. The fourth-order valence-electron chi connectivity index (χ4n) is 2.41. The number of benzene rings is 2. The Balaban J connectivity index is 1.64. The van der Waals surface area contributed by atoms with Crippen LogP contribution >= 0.6 is 38.9 Å². The van der Waals surface area contributed by atoms with Gasteiger partial charge in [-0.15, -0.1) is 10.2 Å². The monoisotopic (exact) mass is 509 g/mol. The number of nitrogens with one attached hydrogen (secondary N) is 1. The number of hydrazone groups is 1. The molecule has 30 heavy (non-hydrogen) atoms. The number of carbonyl (C=O) groups is 1. The number of hydrogen-bond donors (Lipinski definition) is 2. The third kappa shape index (κ3) is 5.91. The van der Waals surface area contributed by atoms with Crippen LogP contribution < -0.4 is 20.6 Å². The van der Waals surface area contributed by atoms with Crippen molar-refractivity contribution in [2.24, 2.45) is 5.10 Å². The molecule has 2 aromatic carbocycles. The summed E-state index contributed by atoms with van der Waals surface area (Å²) in [5.41, 5.74) is 9.49. The zero-order chi connectivity index (χ0) is 21.5. The van der Waals surface area contributed by atoms with Crippen molar-refractivity contribution in [1.82, 2.24) is 15.6 Å². The second-order valence-electron chi connectivity index (χ2n) is 5.92. The quantitative estimate of drug-likeness (QED) is 0.352. The predicted octanol–water partition coefficient (Wildman–Crippen LogP) is 3.82. The Morgan fingerprint density at radius 2 is 2.17 bits per heavy atom. The number of halogens is 2. The van der Waals surface area contributed by atoms with Gasteiger partial charge in [-0.2, -0.15) is 5.10 Å². The Kier molecular flexibility index (Phi) is 7.61. The highest BCUT2D eigenvalue weighted by Gasteiger charge is 2.13. The summed E-state index contributed by atoms with van der Waals surface area (Å²) < 4.78 is 12.0. The first kappa shape index (κ1) is 22.0. The van der Waals surface area contributed by atoms with E-state index in [4.69, 9.17) is 26.8 Å². The molecular formula is C19H17BrClN5O3S. The van der Waals surface area contributed by atoms with E-state index in [0.717, 1.165) is 16.9 Å². The summed E-state index contributed by atoms with van der Waals surface area (Å²) in [6.07, 6.45) is 1.55. The lowest BCUT2D eigenvalue weighted by Crippen LogP contribution is -2.19. The van der Waals surface area contributed by atoms with E-state index in [-0.39, 0.29) is 18.9 Å². The van der Waals surface area contributed by atoms with Crippen molar-refractivity contribution in [3.8, 4) is 11.5 Å². The number of nitrogens with two attached hydrogens (primary N) is 1. The molecule has 1 amide bonds. The minimum atomic E-state index is -0.326. The standard InChI is InChI=1S/C19H17BrClN5O3S/c1-28-15-7-11(9-23-24-16(27)8-17-25-26-19(22)30-17)6-13(20)18(15)29-10-12-4-2-3-5-14(12)21/h2-7,9H,8,10H2,1H3,(H2,22,26)(H,24,27)/b23-9+. The largest absolute Gasteiger partial charge is 0.493 e. The van der Waals surface area contributed by atoms with E-state index in [1.54, 1.807) is 25.3 Å². The molecule has 0 aliphatic heterocycles. The molecule has 3 rings (SSSR count). The number of carbonyl (C=O) groups excluding carboxylic acids is 1. The van der Waals surface area contributed by atoms with E-state index in [0.29, 0.717) is 36.7 Å². The number of amides is 1. The zero-order valence-corrected chi connectivity index (χ0v) is 18.9. The molecule has 11 heteroatoms. The molecule has 1 aromatic heterocycles. The SMILES string of the molecule is COc1cc(/C=N/NC(=O)Cc2nnc(N)s2)cc(Br)c1OCc1ccccc1Cl. The van der Waals surface area contributed by atoms with Crippen LogP contribution in [0.5, 0.6) is 11.5 Å². The third-order valence-corrected chi connectivity index (χ3v) is 5.49. The molecule has 1 heterocycles. The number of rotatable bonds is 8. The minimum absolute atomic E-state index is 0.0496. The lowest BCUT2D eigenvalue weighted by Gasteiger charge is -2.14. The maximum absolute atomic E-state index is 11.9. The summed E-state index contributed by atoms with van der Waals surface area (Å²) in [6, 6.07) is 11.0. The Hall–Kier alpha value is -2.69. The fourth-order valence-corrected chi connectivity index (χ4v) is 3.79. The highest BCUT2D eigenvalue weighted by molar-refractivity contribution is 9.10. The van der Waals surface area contributed by atoms with E-state index < -0.39 is 0 Å². The average molecular weight is 511 g/mol. The van der Waals surface area contributed by atoms with Gasteiger partial charge in [-0.05, 0) is 39.7 Å². The molecule has 156 valence electrons. The van der Waals surface area contributed by atoms with Crippen molar-refractivity contribution in [2.75, 3.05) is 12.8 Å². The Bertz CT molecular complexity index is 1080. The van der Waals surface area contributed by atoms with Gasteiger partial charge in [-0.25, -0.2) is 5.43 Å². The molecule has 0 unspecified atom stereocenters. The van der Waals surface area contributed by atoms with Crippen LogP contribution in [0, 0.1) is 0 Å². The summed E-state index contributed by atoms with van der Waals surface area (Å²) in [4.78, 5) is 11.9. The highest BCUT2D eigenvalue weighted by Crippen LogP contribution is 2.37. The van der Waals surface area contributed by atoms with Gasteiger partial charge in [-0.3, -0.25) is 4.79 Å². The van der Waals surface area contributed by atoms with E-state index in [9.17, 15) is 4.79 Å². The number of aromatic nitrogens is 2. The molecule has 0 saturated heterocycles. The van der Waals surface area contributed by atoms with Crippen molar-refractivity contribution >= 4 is 56.1 Å². The summed E-state index contributed by atoms with van der Waals surface area (Å²) in [5.74, 6) is 0.717. The van der Waals surface area contributed by atoms with Crippen LogP contribution in [0.3, 0.4) is 0 Å². The summed E-state index contributed by atoms with van der Waals surface area (Å²) in [7, 11) is 1.54. The van der Waals surface area contributed by atoms with Crippen LogP contribution in [-0.2, 0) is 17.8 Å². The van der Waals surface area contributed by atoms with Gasteiger partial charge in [0, 0.05) is 10.6 Å². The molecule has 0 aliphatic rings. The summed E-state index contributed by atoms with van der Waals surface area (Å²) in [5, 5.41) is 12.9. The fraction of sp³-hybridized carbons (Fsp3) is 0.158. The average Bonchev–Trinajstić information content (AvgIpc) is 3.12. The van der Waals surface area contributed by atoms with Gasteiger partial charge in [-0.1, -0.05) is 41.1 Å². The molecule has 0 spiro atoms. The predicted molar refractivity (Wildman–Crippen MR) is 120 cm³/mol. The number of methoxy groups -OCH3 is 1. The number of nitrogen functional groups attached to an aromatic ring is 1. The number of hydrogen-bond acceptors (Lipinski definition) is 8. The van der Waals surface area contributed by atoms with E-state index in [2.05, 4.69) is 36.7 Å². The van der Waals surface area contributed by atoms with E-state index in [1.807, 2.05) is 18.2 Å². The first-order valence-corrected chi connectivity index (χ1v) is 10.6. The van der Waals surface area contributed by atoms with E-state index in [1.165, 1.54) is 6.21 Å². The number of nitrogens with zero attached hydrogens (tertiary/aromatic N) is 3. The van der Waals surface area contributed by atoms with Crippen LogP contribution in [0.4, 0.5) is 5.13 Å². The molecule has 0 atom stereocenters. The first-order valence-electron chi connectivity index (χ1n) is 8.59.